The molecule has 0 N–H and O–H groups in total. The molecule has 0 nitrogen and oxygen atoms in total. The van der Waals surface area contributed by atoms with Gasteiger partial charge in [0.1, 0.15) is 0 Å². The Labute approximate surface area is 224 Å². The molecule has 0 aliphatic heterocycles. The lowest BCUT2D eigenvalue weighted by Crippen LogP contribution is -1.81. The molecule has 0 fully saturated rings. The summed E-state index contributed by atoms with van der Waals surface area (Å²) in [5.74, 6) is 6.71. The van der Waals surface area contributed by atoms with Crippen molar-refractivity contribution in [1.29, 1.82) is 0 Å². The average Bonchev–Trinajstić information content (AvgIpc) is 2.98. The standard InChI is InChI=1S/C38H26/c1-3-7-29(8-4-1)11-13-31-17-21-37-27-33(19-23-35(37)25-31)15-16-34-20-24-36-26-32(18-22-38(36)28-34)14-12-30-9-5-2-6-10-30/h1-14,17-28H. The van der Waals surface area contributed by atoms with Gasteiger partial charge in [0.25, 0.3) is 0 Å². The molecule has 0 aliphatic rings. The van der Waals surface area contributed by atoms with Gasteiger partial charge in [-0.05, 0) is 80.2 Å². The van der Waals surface area contributed by atoms with Gasteiger partial charge >= 0.3 is 0 Å². The summed E-state index contributed by atoms with van der Waals surface area (Å²) in [6.07, 6.45) is 8.61. The third-order valence-electron chi connectivity index (χ3n) is 6.62. The molecule has 0 heteroatoms. The number of benzene rings is 6. The fourth-order valence-corrected chi connectivity index (χ4v) is 4.55. The maximum atomic E-state index is 3.35. The molecule has 6 aromatic carbocycles. The van der Waals surface area contributed by atoms with E-state index in [2.05, 4.69) is 157 Å². The van der Waals surface area contributed by atoms with Crippen LogP contribution in [0.3, 0.4) is 0 Å². The highest BCUT2D eigenvalue weighted by atomic mass is 14.0. The molecule has 0 saturated carbocycles. The van der Waals surface area contributed by atoms with Crippen molar-refractivity contribution in [3.05, 3.63) is 167 Å². The zero-order valence-electron chi connectivity index (χ0n) is 21.0. The monoisotopic (exact) mass is 482 g/mol. The molecule has 6 rings (SSSR count). The van der Waals surface area contributed by atoms with Gasteiger partial charge in [-0.25, -0.2) is 0 Å². The molecule has 0 bridgehead atoms. The third kappa shape index (κ3) is 5.65. The zero-order valence-corrected chi connectivity index (χ0v) is 21.0. The van der Waals surface area contributed by atoms with Gasteiger partial charge in [0, 0.05) is 11.1 Å². The van der Waals surface area contributed by atoms with Crippen LogP contribution in [0.25, 0.3) is 45.8 Å². The summed E-state index contributed by atoms with van der Waals surface area (Å²) in [6.45, 7) is 0. The van der Waals surface area contributed by atoms with Crippen molar-refractivity contribution < 1.29 is 0 Å². The Hall–Kier alpha value is -5.12. The molecule has 0 saturated heterocycles. The van der Waals surface area contributed by atoms with Crippen LogP contribution >= 0.6 is 0 Å². The molecule has 0 spiro atoms. The van der Waals surface area contributed by atoms with Gasteiger partial charge in [-0.2, -0.15) is 0 Å². The second-order valence-electron chi connectivity index (χ2n) is 9.38. The Bertz CT molecular complexity index is 1710. The lowest BCUT2D eigenvalue weighted by atomic mass is 10.0. The van der Waals surface area contributed by atoms with Crippen LogP contribution in [0.1, 0.15) is 33.4 Å². The smallest absolute Gasteiger partial charge is 0.0255 e. The second-order valence-corrected chi connectivity index (χ2v) is 9.38. The molecule has 0 heterocycles. The van der Waals surface area contributed by atoms with E-state index in [0.717, 1.165) is 11.1 Å². The highest BCUT2D eigenvalue weighted by Gasteiger charge is 1.99. The first-order chi connectivity index (χ1) is 18.8. The second kappa shape index (κ2) is 10.9. The van der Waals surface area contributed by atoms with E-state index >= 15 is 0 Å². The van der Waals surface area contributed by atoms with Crippen LogP contribution in [0.2, 0.25) is 0 Å². The fourth-order valence-electron chi connectivity index (χ4n) is 4.55. The first-order valence-corrected chi connectivity index (χ1v) is 12.8. The van der Waals surface area contributed by atoms with Crippen LogP contribution in [-0.4, -0.2) is 0 Å². The summed E-state index contributed by atoms with van der Waals surface area (Å²) in [7, 11) is 0. The molecule has 0 aliphatic carbocycles. The van der Waals surface area contributed by atoms with Crippen molar-refractivity contribution in [2.24, 2.45) is 0 Å². The summed E-state index contributed by atoms with van der Waals surface area (Å²) in [5.41, 5.74) is 6.82. The Morgan fingerprint density at radius 1 is 0.316 bits per heavy atom. The molecular weight excluding hydrogens is 456 g/mol. The number of rotatable bonds is 4. The van der Waals surface area contributed by atoms with Crippen LogP contribution in [-0.2, 0) is 0 Å². The summed E-state index contributed by atoms with van der Waals surface area (Å²) >= 11 is 0. The Kier molecular flexibility index (Phi) is 6.66. The van der Waals surface area contributed by atoms with E-state index in [1.165, 1.54) is 43.8 Å². The highest BCUT2D eigenvalue weighted by Crippen LogP contribution is 2.21. The summed E-state index contributed by atoms with van der Waals surface area (Å²) in [4.78, 5) is 0. The van der Waals surface area contributed by atoms with E-state index < -0.39 is 0 Å². The number of hydrogen-bond donors (Lipinski definition) is 0. The quantitative estimate of drug-likeness (QED) is 0.173. The van der Waals surface area contributed by atoms with Gasteiger partial charge in [-0.3, -0.25) is 0 Å². The predicted octanol–water partition coefficient (Wildman–Crippen LogP) is 9.73. The molecule has 0 unspecified atom stereocenters. The van der Waals surface area contributed by atoms with Gasteiger partial charge in [0.05, 0.1) is 0 Å². The predicted molar refractivity (Wildman–Crippen MR) is 165 cm³/mol. The summed E-state index contributed by atoms with van der Waals surface area (Å²) < 4.78 is 0. The van der Waals surface area contributed by atoms with Gasteiger partial charge in [-0.1, -0.05) is 133 Å². The molecular formula is C38H26. The first kappa shape index (κ1) is 23.3. The van der Waals surface area contributed by atoms with Crippen molar-refractivity contribution in [1.82, 2.24) is 0 Å². The molecule has 0 aromatic heterocycles. The zero-order chi connectivity index (χ0) is 25.6. The lowest BCUT2D eigenvalue weighted by molar-refractivity contribution is 1.65. The minimum absolute atomic E-state index is 1.02. The van der Waals surface area contributed by atoms with Crippen LogP contribution in [0, 0.1) is 11.8 Å². The van der Waals surface area contributed by atoms with E-state index in [-0.39, 0.29) is 0 Å². The van der Waals surface area contributed by atoms with E-state index in [0.29, 0.717) is 0 Å². The van der Waals surface area contributed by atoms with E-state index in [1.807, 2.05) is 12.1 Å². The van der Waals surface area contributed by atoms with Crippen molar-refractivity contribution in [3.63, 3.8) is 0 Å². The normalized spacial score (nSPS) is 11.3. The van der Waals surface area contributed by atoms with Crippen molar-refractivity contribution in [2.45, 2.75) is 0 Å². The van der Waals surface area contributed by atoms with E-state index in [1.54, 1.807) is 0 Å². The Balaban J connectivity index is 1.19. The SMILES string of the molecule is C(#Cc1ccc2cc(C=Cc3ccccc3)ccc2c1)c1ccc2cc(C=Cc3ccccc3)ccc2c1. The summed E-state index contributed by atoms with van der Waals surface area (Å²) in [6, 6.07) is 46.7. The molecule has 38 heavy (non-hydrogen) atoms. The van der Waals surface area contributed by atoms with Crippen molar-refractivity contribution >= 4 is 45.8 Å². The fraction of sp³-hybridized carbons (Fsp3) is 0. The largest absolute Gasteiger partial charge is 0.0622 e. The number of hydrogen-bond acceptors (Lipinski definition) is 0. The van der Waals surface area contributed by atoms with E-state index in [4.69, 9.17) is 0 Å². The molecule has 6 aromatic rings. The Morgan fingerprint density at radius 3 is 1.13 bits per heavy atom. The summed E-state index contributed by atoms with van der Waals surface area (Å²) in [5, 5.41) is 4.83. The molecule has 0 atom stereocenters. The van der Waals surface area contributed by atoms with Gasteiger partial charge in [0.2, 0.25) is 0 Å². The lowest BCUT2D eigenvalue weighted by Gasteiger charge is -2.02. The number of fused-ring (bicyclic) bond motifs is 2. The van der Waals surface area contributed by atoms with Crippen molar-refractivity contribution in [3.8, 4) is 11.8 Å². The van der Waals surface area contributed by atoms with Gasteiger partial charge < -0.3 is 0 Å². The van der Waals surface area contributed by atoms with Gasteiger partial charge in [0.15, 0.2) is 0 Å². The van der Waals surface area contributed by atoms with Gasteiger partial charge in [-0.15, -0.1) is 0 Å². The van der Waals surface area contributed by atoms with Crippen LogP contribution < -0.4 is 0 Å². The average molecular weight is 483 g/mol. The van der Waals surface area contributed by atoms with Crippen LogP contribution in [0.4, 0.5) is 0 Å². The maximum absolute atomic E-state index is 3.35. The molecule has 0 radical (unpaired) electrons. The maximum Gasteiger partial charge on any atom is 0.0255 e. The molecule has 0 amide bonds. The Morgan fingerprint density at radius 2 is 0.684 bits per heavy atom. The van der Waals surface area contributed by atoms with Crippen LogP contribution in [0.5, 0.6) is 0 Å². The third-order valence-corrected chi connectivity index (χ3v) is 6.62. The van der Waals surface area contributed by atoms with Crippen molar-refractivity contribution in [2.75, 3.05) is 0 Å². The van der Waals surface area contributed by atoms with Crippen LogP contribution in [0.15, 0.2) is 133 Å². The highest BCUT2D eigenvalue weighted by molar-refractivity contribution is 5.88. The minimum atomic E-state index is 1.02. The van der Waals surface area contributed by atoms with E-state index in [9.17, 15) is 0 Å². The molecule has 178 valence electrons. The first-order valence-electron chi connectivity index (χ1n) is 12.8. The topological polar surface area (TPSA) is 0 Å². The minimum Gasteiger partial charge on any atom is -0.0622 e.